The first kappa shape index (κ1) is 14.0. The summed E-state index contributed by atoms with van der Waals surface area (Å²) in [5.74, 6) is 0. The van der Waals surface area contributed by atoms with E-state index in [1.54, 1.807) is 11.3 Å². The van der Waals surface area contributed by atoms with Gasteiger partial charge < -0.3 is 9.84 Å². The average molecular weight is 269 g/mol. The van der Waals surface area contributed by atoms with Crippen molar-refractivity contribution >= 4 is 11.3 Å². The minimum Gasteiger partial charge on any atom is -0.390 e. The Labute approximate surface area is 113 Å². The number of aliphatic hydroxyl groups excluding tert-OH is 1. The summed E-state index contributed by atoms with van der Waals surface area (Å²) in [6, 6.07) is 2.13. The summed E-state index contributed by atoms with van der Waals surface area (Å²) in [5, 5.41) is 14.4. The van der Waals surface area contributed by atoms with Crippen LogP contribution in [0.15, 0.2) is 16.8 Å². The fourth-order valence-electron chi connectivity index (χ4n) is 2.42. The lowest BCUT2D eigenvalue weighted by Crippen LogP contribution is -2.47. The Bertz CT molecular complexity index is 327. The highest BCUT2D eigenvalue weighted by Crippen LogP contribution is 2.15. The summed E-state index contributed by atoms with van der Waals surface area (Å²) in [6.45, 7) is 5.93. The molecular formula is C14H23NO2S. The van der Waals surface area contributed by atoms with E-state index in [0.717, 1.165) is 45.5 Å². The van der Waals surface area contributed by atoms with E-state index in [2.05, 4.69) is 28.7 Å². The Kier molecular flexibility index (Phi) is 5.63. The van der Waals surface area contributed by atoms with Crippen molar-refractivity contribution in [1.82, 2.24) is 4.90 Å². The number of nitrogens with zero attached hydrogens (tertiary/aromatic N) is 1. The fourth-order valence-corrected chi connectivity index (χ4v) is 3.12. The van der Waals surface area contributed by atoms with Crippen molar-refractivity contribution in [2.24, 2.45) is 0 Å². The number of ether oxygens (including phenoxy) is 1. The van der Waals surface area contributed by atoms with Crippen molar-refractivity contribution in [1.29, 1.82) is 0 Å². The van der Waals surface area contributed by atoms with Crippen LogP contribution in [0.25, 0.3) is 0 Å². The second-order valence-corrected chi connectivity index (χ2v) is 5.73. The lowest BCUT2D eigenvalue weighted by molar-refractivity contribution is -0.0900. The van der Waals surface area contributed by atoms with Gasteiger partial charge in [-0.05, 0) is 48.2 Å². The first-order valence-corrected chi connectivity index (χ1v) is 7.77. The topological polar surface area (TPSA) is 32.7 Å². The predicted octanol–water partition coefficient (Wildman–Crippen LogP) is 2.15. The van der Waals surface area contributed by atoms with Gasteiger partial charge >= 0.3 is 0 Å². The van der Waals surface area contributed by atoms with E-state index in [1.807, 2.05) is 0 Å². The van der Waals surface area contributed by atoms with Crippen molar-refractivity contribution in [2.45, 2.75) is 38.4 Å². The molecule has 0 radical (unpaired) electrons. The molecule has 0 aromatic carbocycles. The van der Waals surface area contributed by atoms with Gasteiger partial charge in [-0.25, -0.2) is 0 Å². The molecule has 0 spiro atoms. The molecule has 0 saturated carbocycles. The Balaban J connectivity index is 1.75. The van der Waals surface area contributed by atoms with E-state index in [1.165, 1.54) is 5.56 Å². The van der Waals surface area contributed by atoms with Crippen LogP contribution in [0.4, 0.5) is 0 Å². The monoisotopic (exact) mass is 269 g/mol. The Morgan fingerprint density at radius 1 is 1.61 bits per heavy atom. The van der Waals surface area contributed by atoms with Crippen LogP contribution >= 0.6 is 11.3 Å². The van der Waals surface area contributed by atoms with E-state index in [0.29, 0.717) is 0 Å². The molecule has 102 valence electrons. The zero-order valence-electron chi connectivity index (χ0n) is 11.0. The van der Waals surface area contributed by atoms with Crippen molar-refractivity contribution in [2.75, 3.05) is 26.2 Å². The maximum atomic E-state index is 10.2. The zero-order valence-corrected chi connectivity index (χ0v) is 11.9. The number of aliphatic hydroxyl groups is 1. The molecule has 3 nitrogen and oxygen atoms in total. The highest BCUT2D eigenvalue weighted by molar-refractivity contribution is 7.07. The number of aryl methyl sites for hydroxylation is 1. The number of hydrogen-bond acceptors (Lipinski definition) is 4. The largest absolute Gasteiger partial charge is 0.390 e. The van der Waals surface area contributed by atoms with Crippen LogP contribution < -0.4 is 0 Å². The van der Waals surface area contributed by atoms with Gasteiger partial charge in [0.2, 0.25) is 0 Å². The second kappa shape index (κ2) is 7.24. The maximum absolute atomic E-state index is 10.2. The molecular weight excluding hydrogens is 246 g/mol. The van der Waals surface area contributed by atoms with Gasteiger partial charge in [-0.1, -0.05) is 6.92 Å². The SMILES string of the molecule is CCCN1CCOC(C(O)CCc2ccsc2)C1. The van der Waals surface area contributed by atoms with Gasteiger partial charge in [0.25, 0.3) is 0 Å². The normalized spacial score (nSPS) is 23.1. The van der Waals surface area contributed by atoms with Crippen molar-refractivity contribution < 1.29 is 9.84 Å². The molecule has 1 aliphatic rings. The second-order valence-electron chi connectivity index (χ2n) is 4.95. The third kappa shape index (κ3) is 4.05. The van der Waals surface area contributed by atoms with Crippen molar-refractivity contribution in [3.8, 4) is 0 Å². The smallest absolute Gasteiger partial charge is 0.0961 e. The zero-order chi connectivity index (χ0) is 12.8. The van der Waals surface area contributed by atoms with Crippen molar-refractivity contribution in [3.05, 3.63) is 22.4 Å². The molecule has 1 aliphatic heterocycles. The third-order valence-corrected chi connectivity index (χ3v) is 4.19. The molecule has 0 bridgehead atoms. The minimum atomic E-state index is -0.343. The number of rotatable bonds is 6. The molecule has 2 atom stereocenters. The Hall–Kier alpha value is -0.420. The average Bonchev–Trinajstić information content (AvgIpc) is 2.90. The van der Waals surface area contributed by atoms with Crippen molar-refractivity contribution in [3.63, 3.8) is 0 Å². The molecule has 18 heavy (non-hydrogen) atoms. The molecule has 2 rings (SSSR count). The van der Waals surface area contributed by atoms with E-state index >= 15 is 0 Å². The molecule has 0 aliphatic carbocycles. The molecule has 1 aromatic rings. The highest BCUT2D eigenvalue weighted by Gasteiger charge is 2.26. The molecule has 0 amide bonds. The van der Waals surface area contributed by atoms with Crippen LogP contribution in [0.1, 0.15) is 25.3 Å². The van der Waals surface area contributed by atoms with Crippen LogP contribution in [0.2, 0.25) is 0 Å². The third-order valence-electron chi connectivity index (χ3n) is 3.46. The summed E-state index contributed by atoms with van der Waals surface area (Å²) >= 11 is 1.71. The van der Waals surface area contributed by atoms with E-state index in [4.69, 9.17) is 4.74 Å². The van der Waals surface area contributed by atoms with Crippen LogP contribution in [0, 0.1) is 0 Å². The summed E-state index contributed by atoms with van der Waals surface area (Å²) < 4.78 is 5.70. The van der Waals surface area contributed by atoms with Gasteiger partial charge in [-0.15, -0.1) is 0 Å². The van der Waals surface area contributed by atoms with Gasteiger partial charge in [0.1, 0.15) is 0 Å². The molecule has 4 heteroatoms. The van der Waals surface area contributed by atoms with Gasteiger partial charge in [0.15, 0.2) is 0 Å². The quantitative estimate of drug-likeness (QED) is 0.859. The lowest BCUT2D eigenvalue weighted by atomic mass is 10.0. The van der Waals surface area contributed by atoms with Gasteiger partial charge in [-0.3, -0.25) is 4.90 Å². The summed E-state index contributed by atoms with van der Waals surface area (Å²) in [4.78, 5) is 2.39. The summed E-state index contributed by atoms with van der Waals surface area (Å²) in [5.41, 5.74) is 1.32. The van der Waals surface area contributed by atoms with Crippen LogP contribution in [-0.2, 0) is 11.2 Å². The first-order chi connectivity index (χ1) is 8.79. The van der Waals surface area contributed by atoms with Crippen LogP contribution in [-0.4, -0.2) is 48.5 Å². The Morgan fingerprint density at radius 3 is 3.22 bits per heavy atom. The van der Waals surface area contributed by atoms with E-state index in [-0.39, 0.29) is 12.2 Å². The number of morpholine rings is 1. The van der Waals surface area contributed by atoms with Gasteiger partial charge in [-0.2, -0.15) is 11.3 Å². The Morgan fingerprint density at radius 2 is 2.50 bits per heavy atom. The lowest BCUT2D eigenvalue weighted by Gasteiger charge is -2.35. The molecule has 2 unspecified atom stereocenters. The summed E-state index contributed by atoms with van der Waals surface area (Å²) in [7, 11) is 0. The van der Waals surface area contributed by atoms with Gasteiger partial charge in [0.05, 0.1) is 18.8 Å². The highest BCUT2D eigenvalue weighted by atomic mass is 32.1. The van der Waals surface area contributed by atoms with Crippen LogP contribution in [0.5, 0.6) is 0 Å². The maximum Gasteiger partial charge on any atom is 0.0961 e. The fraction of sp³-hybridized carbons (Fsp3) is 0.714. The molecule has 1 N–H and O–H groups in total. The molecule has 1 fully saturated rings. The van der Waals surface area contributed by atoms with E-state index < -0.39 is 0 Å². The number of hydrogen-bond donors (Lipinski definition) is 1. The first-order valence-electron chi connectivity index (χ1n) is 6.82. The van der Waals surface area contributed by atoms with Crippen LogP contribution in [0.3, 0.4) is 0 Å². The minimum absolute atomic E-state index is 0.0102. The molecule has 1 aromatic heterocycles. The van der Waals surface area contributed by atoms with E-state index in [9.17, 15) is 5.11 Å². The standard InChI is InChI=1S/C14H23NO2S/c1-2-6-15-7-8-17-14(10-15)13(16)4-3-12-5-9-18-11-12/h5,9,11,13-14,16H,2-4,6-8,10H2,1H3. The molecule has 2 heterocycles. The predicted molar refractivity (Wildman–Crippen MR) is 75.1 cm³/mol. The number of thiophene rings is 1. The summed E-state index contributed by atoms with van der Waals surface area (Å²) in [6.07, 6.45) is 2.55. The van der Waals surface area contributed by atoms with Gasteiger partial charge in [0, 0.05) is 13.1 Å². The molecule has 1 saturated heterocycles.